The van der Waals surface area contributed by atoms with Crippen molar-refractivity contribution in [3.63, 3.8) is 0 Å². The third-order valence-electron chi connectivity index (χ3n) is 2.67. The molecule has 1 aromatic carbocycles. The van der Waals surface area contributed by atoms with E-state index in [2.05, 4.69) is 5.10 Å². The fourth-order valence-corrected chi connectivity index (χ4v) is 1.76. The number of thiocarbonyl (C=S) groups is 1. The number of nitrogens with two attached hydrogens (primary N) is 1. The van der Waals surface area contributed by atoms with Crippen molar-refractivity contribution < 1.29 is 17.9 Å². The highest BCUT2D eigenvalue weighted by molar-refractivity contribution is 7.80. The number of aromatic nitrogens is 2. The molecule has 2 rings (SSSR count). The van der Waals surface area contributed by atoms with E-state index in [1.165, 1.54) is 4.68 Å². The smallest absolute Gasteiger partial charge is 0.419 e. The van der Waals surface area contributed by atoms with Crippen molar-refractivity contribution in [2.45, 2.75) is 12.7 Å². The molecule has 2 N–H and O–H groups in total. The number of alkyl halides is 3. The minimum absolute atomic E-state index is 0.180. The number of rotatable bonds is 5. The molecule has 1 heterocycles. The predicted octanol–water partition coefficient (Wildman–Crippen LogP) is 2.62. The molecule has 0 amide bonds. The van der Waals surface area contributed by atoms with Crippen molar-refractivity contribution in [2.24, 2.45) is 5.73 Å². The summed E-state index contributed by atoms with van der Waals surface area (Å²) in [4.78, 5) is 0.252. The highest BCUT2D eigenvalue weighted by atomic mass is 32.1. The molecule has 112 valence electrons. The first-order valence-electron chi connectivity index (χ1n) is 5.98. The predicted molar refractivity (Wildman–Crippen MR) is 75.1 cm³/mol. The molecule has 4 nitrogen and oxygen atoms in total. The first-order chi connectivity index (χ1) is 9.86. The van der Waals surface area contributed by atoms with Gasteiger partial charge < -0.3 is 10.5 Å². The Labute approximate surface area is 124 Å². The van der Waals surface area contributed by atoms with Gasteiger partial charge in [-0.3, -0.25) is 4.68 Å². The minimum Gasteiger partial charge on any atom is -0.492 e. The molecule has 0 radical (unpaired) electrons. The molecule has 0 atom stereocenters. The summed E-state index contributed by atoms with van der Waals surface area (Å²) < 4.78 is 43.8. The van der Waals surface area contributed by atoms with Gasteiger partial charge in [0, 0.05) is 11.8 Å². The minimum atomic E-state index is -4.38. The summed E-state index contributed by atoms with van der Waals surface area (Å²) in [5.41, 5.74) is 5.39. The summed E-state index contributed by atoms with van der Waals surface area (Å²) in [6.07, 6.45) is -2.66. The summed E-state index contributed by atoms with van der Waals surface area (Å²) in [6, 6.07) is 6.87. The number of nitrogens with zero attached hydrogens (tertiary/aromatic N) is 2. The molecule has 0 saturated carbocycles. The maximum absolute atomic E-state index is 12.4. The van der Waals surface area contributed by atoms with Gasteiger partial charge in [0.25, 0.3) is 0 Å². The average molecular weight is 315 g/mol. The molecule has 0 spiro atoms. The standard InChI is InChI=1S/C13H12F3N3OS/c14-13(15,16)10-7-18-19(8-10)4-5-20-11-3-1-2-9(6-11)12(17)21/h1-3,6-8H,4-5H2,(H2,17,21). The summed E-state index contributed by atoms with van der Waals surface area (Å²) in [6.45, 7) is 0.382. The number of hydrogen-bond donors (Lipinski definition) is 1. The fourth-order valence-electron chi connectivity index (χ4n) is 1.63. The lowest BCUT2D eigenvalue weighted by molar-refractivity contribution is -0.137. The molecule has 0 fully saturated rings. The first-order valence-corrected chi connectivity index (χ1v) is 6.39. The van der Waals surface area contributed by atoms with Gasteiger partial charge in [0.2, 0.25) is 0 Å². The van der Waals surface area contributed by atoms with Gasteiger partial charge in [0.1, 0.15) is 17.3 Å². The summed E-state index contributed by atoms with van der Waals surface area (Å²) in [7, 11) is 0. The van der Waals surface area contributed by atoms with Gasteiger partial charge in [0.05, 0.1) is 18.3 Å². The van der Waals surface area contributed by atoms with E-state index in [1.54, 1.807) is 24.3 Å². The Kier molecular flexibility index (Phi) is 4.46. The second-order valence-corrected chi connectivity index (χ2v) is 4.67. The van der Waals surface area contributed by atoms with Crippen LogP contribution in [0.1, 0.15) is 11.1 Å². The van der Waals surface area contributed by atoms with Crippen molar-refractivity contribution in [1.29, 1.82) is 0 Å². The lowest BCUT2D eigenvalue weighted by atomic mass is 10.2. The average Bonchev–Trinajstić information content (AvgIpc) is 2.88. The Hall–Kier alpha value is -2.09. The molecular formula is C13H12F3N3OS. The van der Waals surface area contributed by atoms with Crippen LogP contribution in [-0.4, -0.2) is 21.4 Å². The zero-order valence-electron chi connectivity index (χ0n) is 10.8. The van der Waals surface area contributed by atoms with E-state index in [9.17, 15) is 13.2 Å². The SMILES string of the molecule is NC(=S)c1cccc(OCCn2cc(C(F)(F)F)cn2)c1. The van der Waals surface area contributed by atoms with Gasteiger partial charge in [-0.25, -0.2) is 0 Å². The zero-order valence-corrected chi connectivity index (χ0v) is 11.6. The van der Waals surface area contributed by atoms with E-state index >= 15 is 0 Å². The van der Waals surface area contributed by atoms with Crippen LogP contribution in [0.3, 0.4) is 0 Å². The molecule has 8 heteroatoms. The third-order valence-corrected chi connectivity index (χ3v) is 2.90. The monoisotopic (exact) mass is 315 g/mol. The molecular weight excluding hydrogens is 303 g/mol. The van der Waals surface area contributed by atoms with Gasteiger partial charge in [-0.2, -0.15) is 18.3 Å². The highest BCUT2D eigenvalue weighted by Crippen LogP contribution is 2.28. The van der Waals surface area contributed by atoms with Gasteiger partial charge in [-0.05, 0) is 12.1 Å². The summed E-state index contributed by atoms with van der Waals surface area (Å²) in [5, 5.41) is 3.64. The van der Waals surface area contributed by atoms with Gasteiger partial charge in [-0.15, -0.1) is 0 Å². The zero-order chi connectivity index (χ0) is 15.5. The molecule has 0 saturated heterocycles. The molecule has 0 bridgehead atoms. The lowest BCUT2D eigenvalue weighted by Gasteiger charge is -2.07. The van der Waals surface area contributed by atoms with E-state index in [4.69, 9.17) is 22.7 Å². The Morgan fingerprint density at radius 3 is 2.76 bits per heavy atom. The van der Waals surface area contributed by atoms with Crippen molar-refractivity contribution >= 4 is 17.2 Å². The van der Waals surface area contributed by atoms with E-state index < -0.39 is 11.7 Å². The maximum Gasteiger partial charge on any atom is 0.419 e. The van der Waals surface area contributed by atoms with Gasteiger partial charge in [0.15, 0.2) is 0 Å². The van der Waals surface area contributed by atoms with Crippen molar-refractivity contribution in [3.05, 3.63) is 47.8 Å². The Balaban J connectivity index is 1.91. The molecule has 0 aliphatic rings. The first kappa shape index (κ1) is 15.3. The summed E-state index contributed by atoms with van der Waals surface area (Å²) in [5.74, 6) is 0.545. The van der Waals surface area contributed by atoms with Gasteiger partial charge in [-0.1, -0.05) is 24.4 Å². The molecule has 21 heavy (non-hydrogen) atoms. The van der Waals surface area contributed by atoms with Crippen LogP contribution in [0, 0.1) is 0 Å². The van der Waals surface area contributed by atoms with Gasteiger partial charge >= 0.3 is 6.18 Å². The molecule has 0 unspecified atom stereocenters. The second-order valence-electron chi connectivity index (χ2n) is 4.23. The lowest BCUT2D eigenvalue weighted by Crippen LogP contribution is -2.11. The second kappa shape index (κ2) is 6.13. The molecule has 2 aromatic rings. The van der Waals surface area contributed by atoms with Crippen LogP contribution in [0.25, 0.3) is 0 Å². The quantitative estimate of drug-likeness (QED) is 0.862. The van der Waals surface area contributed by atoms with Crippen LogP contribution >= 0.6 is 12.2 Å². The van der Waals surface area contributed by atoms with Crippen LogP contribution in [0.5, 0.6) is 5.75 Å². The normalized spacial score (nSPS) is 11.4. The van der Waals surface area contributed by atoms with Crippen LogP contribution in [-0.2, 0) is 12.7 Å². The number of hydrogen-bond acceptors (Lipinski definition) is 3. The van der Waals surface area contributed by atoms with Crippen LogP contribution in [0.2, 0.25) is 0 Å². The number of halogens is 3. The van der Waals surface area contributed by atoms with Crippen LogP contribution in [0.4, 0.5) is 13.2 Å². The maximum atomic E-state index is 12.4. The Morgan fingerprint density at radius 1 is 1.38 bits per heavy atom. The summed E-state index contributed by atoms with van der Waals surface area (Å²) >= 11 is 4.85. The van der Waals surface area contributed by atoms with Crippen LogP contribution < -0.4 is 10.5 Å². The number of benzene rings is 1. The largest absolute Gasteiger partial charge is 0.492 e. The Bertz CT molecular complexity index is 640. The molecule has 0 aliphatic heterocycles. The van der Waals surface area contributed by atoms with Crippen molar-refractivity contribution in [2.75, 3.05) is 6.61 Å². The van der Waals surface area contributed by atoms with Crippen molar-refractivity contribution in [1.82, 2.24) is 9.78 Å². The number of ether oxygens (including phenoxy) is 1. The molecule has 0 aliphatic carbocycles. The van der Waals surface area contributed by atoms with E-state index in [1.807, 2.05) is 0 Å². The Morgan fingerprint density at radius 2 is 2.14 bits per heavy atom. The van der Waals surface area contributed by atoms with E-state index in [0.29, 0.717) is 11.3 Å². The fraction of sp³-hybridized carbons (Fsp3) is 0.231. The third kappa shape index (κ3) is 4.19. The van der Waals surface area contributed by atoms with Crippen LogP contribution in [0.15, 0.2) is 36.7 Å². The van der Waals surface area contributed by atoms with E-state index in [-0.39, 0.29) is 18.1 Å². The van der Waals surface area contributed by atoms with E-state index in [0.717, 1.165) is 12.4 Å². The molecule has 1 aromatic heterocycles. The highest BCUT2D eigenvalue weighted by Gasteiger charge is 2.32. The topological polar surface area (TPSA) is 53.1 Å². The van der Waals surface area contributed by atoms with Crippen molar-refractivity contribution in [3.8, 4) is 5.75 Å².